The van der Waals surface area contributed by atoms with Gasteiger partial charge in [0.25, 0.3) is 5.89 Å². The van der Waals surface area contributed by atoms with Crippen LogP contribution in [0.15, 0.2) is 77.3 Å². The van der Waals surface area contributed by atoms with E-state index in [4.69, 9.17) is 18.7 Å². The number of methoxy groups -OCH3 is 1. The van der Waals surface area contributed by atoms with E-state index >= 15 is 0 Å². The Hall–Kier alpha value is -3.07. The molecule has 0 fully saturated rings. The number of nitrogens with zero attached hydrogens (tertiary/aromatic N) is 2. The van der Waals surface area contributed by atoms with Gasteiger partial charge in [-0.15, -0.1) is 0 Å². The predicted molar refractivity (Wildman–Crippen MR) is 121 cm³/mol. The van der Waals surface area contributed by atoms with E-state index in [1.54, 1.807) is 7.11 Å². The standard InChI is InChI=1S/C23H19IN2O4/c1-27-20-12-18(19(24)13-21(20)29-14-16-8-4-2-5-9-16)23-25-22(30-26-23)15-28-17-10-6-3-7-11-17/h2-13H,14-15H2,1H3. The first kappa shape index (κ1) is 20.2. The lowest BCUT2D eigenvalue weighted by atomic mass is 10.2. The number of hydrogen-bond donors (Lipinski definition) is 0. The molecule has 6 nitrogen and oxygen atoms in total. The number of benzene rings is 3. The first-order valence-corrected chi connectivity index (χ1v) is 10.4. The SMILES string of the molecule is COc1cc(-c2noc(COc3ccccc3)n2)c(I)cc1OCc1ccccc1. The summed E-state index contributed by atoms with van der Waals surface area (Å²) in [5.41, 5.74) is 1.88. The van der Waals surface area contributed by atoms with Crippen LogP contribution in [0.4, 0.5) is 0 Å². The first-order chi connectivity index (χ1) is 14.7. The third kappa shape index (κ3) is 4.91. The minimum atomic E-state index is 0.197. The molecule has 0 amide bonds. The fourth-order valence-corrected chi connectivity index (χ4v) is 3.48. The van der Waals surface area contributed by atoms with Gasteiger partial charge in [0.1, 0.15) is 12.4 Å². The molecule has 0 aliphatic heterocycles. The van der Waals surface area contributed by atoms with E-state index in [0.29, 0.717) is 29.8 Å². The van der Waals surface area contributed by atoms with Crippen LogP contribution in [0.3, 0.4) is 0 Å². The molecule has 0 N–H and O–H groups in total. The fraction of sp³-hybridized carbons (Fsp3) is 0.130. The Morgan fingerprint density at radius 3 is 2.33 bits per heavy atom. The highest BCUT2D eigenvalue weighted by Crippen LogP contribution is 2.36. The third-order valence-electron chi connectivity index (χ3n) is 4.30. The summed E-state index contributed by atoms with van der Waals surface area (Å²) in [5.74, 6) is 2.87. The van der Waals surface area contributed by atoms with Gasteiger partial charge >= 0.3 is 0 Å². The Kier molecular flexibility index (Phi) is 6.48. The summed E-state index contributed by atoms with van der Waals surface area (Å²) in [5, 5.41) is 4.09. The van der Waals surface area contributed by atoms with E-state index in [0.717, 1.165) is 20.4 Å². The maximum atomic E-state index is 5.96. The zero-order valence-electron chi connectivity index (χ0n) is 16.2. The highest BCUT2D eigenvalue weighted by Gasteiger charge is 2.17. The van der Waals surface area contributed by atoms with Crippen molar-refractivity contribution in [1.29, 1.82) is 0 Å². The molecule has 0 saturated carbocycles. The van der Waals surface area contributed by atoms with Crippen LogP contribution >= 0.6 is 22.6 Å². The van der Waals surface area contributed by atoms with E-state index in [1.165, 1.54) is 0 Å². The number of ether oxygens (including phenoxy) is 3. The fourth-order valence-electron chi connectivity index (χ4n) is 2.80. The summed E-state index contributed by atoms with van der Waals surface area (Å²) in [6, 6.07) is 23.2. The molecule has 3 aromatic carbocycles. The van der Waals surface area contributed by atoms with Crippen molar-refractivity contribution in [2.45, 2.75) is 13.2 Å². The van der Waals surface area contributed by atoms with Crippen molar-refractivity contribution in [3.05, 3.63) is 87.8 Å². The summed E-state index contributed by atoms with van der Waals surface area (Å²) in [6.45, 7) is 0.652. The largest absolute Gasteiger partial charge is 0.493 e. The minimum absolute atomic E-state index is 0.197. The third-order valence-corrected chi connectivity index (χ3v) is 5.20. The molecule has 4 rings (SSSR count). The average molecular weight is 514 g/mol. The molecule has 7 heteroatoms. The van der Waals surface area contributed by atoms with Gasteiger partial charge in [0.15, 0.2) is 18.1 Å². The molecule has 1 heterocycles. The molecule has 0 aliphatic rings. The lowest BCUT2D eigenvalue weighted by Gasteiger charge is -2.13. The van der Waals surface area contributed by atoms with E-state index < -0.39 is 0 Å². The van der Waals surface area contributed by atoms with Crippen molar-refractivity contribution in [3.8, 4) is 28.6 Å². The number of hydrogen-bond acceptors (Lipinski definition) is 6. The average Bonchev–Trinajstić information content (AvgIpc) is 3.26. The van der Waals surface area contributed by atoms with Crippen LogP contribution in [-0.4, -0.2) is 17.3 Å². The van der Waals surface area contributed by atoms with Crippen LogP contribution in [0.25, 0.3) is 11.4 Å². The lowest BCUT2D eigenvalue weighted by Crippen LogP contribution is -1.99. The van der Waals surface area contributed by atoms with E-state index in [9.17, 15) is 0 Å². The van der Waals surface area contributed by atoms with Crippen LogP contribution in [-0.2, 0) is 13.2 Å². The minimum Gasteiger partial charge on any atom is -0.493 e. The van der Waals surface area contributed by atoms with Crippen LogP contribution in [0.2, 0.25) is 0 Å². The molecular formula is C23H19IN2O4. The van der Waals surface area contributed by atoms with Crippen molar-refractivity contribution < 1.29 is 18.7 Å². The van der Waals surface area contributed by atoms with E-state index in [-0.39, 0.29) is 6.61 Å². The number of aromatic nitrogens is 2. The molecule has 4 aromatic rings. The molecule has 0 saturated heterocycles. The van der Waals surface area contributed by atoms with Crippen LogP contribution in [0.5, 0.6) is 17.2 Å². The smallest absolute Gasteiger partial charge is 0.264 e. The molecule has 0 unspecified atom stereocenters. The van der Waals surface area contributed by atoms with Crippen molar-refractivity contribution in [1.82, 2.24) is 10.1 Å². The van der Waals surface area contributed by atoms with Gasteiger partial charge in [-0.2, -0.15) is 4.98 Å². The molecule has 0 spiro atoms. The highest BCUT2D eigenvalue weighted by atomic mass is 127. The Balaban J connectivity index is 1.49. The quantitative estimate of drug-likeness (QED) is 0.289. The zero-order chi connectivity index (χ0) is 20.8. The summed E-state index contributed by atoms with van der Waals surface area (Å²) < 4.78 is 23.4. The van der Waals surface area contributed by atoms with Gasteiger partial charge < -0.3 is 18.7 Å². The second-order valence-electron chi connectivity index (χ2n) is 6.37. The topological polar surface area (TPSA) is 66.6 Å². The second kappa shape index (κ2) is 9.62. The van der Waals surface area contributed by atoms with Crippen molar-refractivity contribution in [3.63, 3.8) is 0 Å². The van der Waals surface area contributed by atoms with Crippen LogP contribution in [0.1, 0.15) is 11.5 Å². The van der Waals surface area contributed by atoms with Crippen molar-refractivity contribution >= 4 is 22.6 Å². The van der Waals surface area contributed by atoms with Crippen molar-refractivity contribution in [2.24, 2.45) is 0 Å². The first-order valence-electron chi connectivity index (χ1n) is 9.28. The Morgan fingerprint density at radius 2 is 1.60 bits per heavy atom. The summed E-state index contributed by atoms with van der Waals surface area (Å²) in [7, 11) is 1.61. The molecule has 0 bridgehead atoms. The van der Waals surface area contributed by atoms with Gasteiger partial charge in [-0.05, 0) is 52.4 Å². The van der Waals surface area contributed by atoms with Gasteiger partial charge in [0.2, 0.25) is 5.82 Å². The molecule has 30 heavy (non-hydrogen) atoms. The molecule has 1 aromatic heterocycles. The Labute approximate surface area is 187 Å². The molecular weight excluding hydrogens is 495 g/mol. The molecule has 0 aliphatic carbocycles. The number of para-hydroxylation sites is 1. The summed E-state index contributed by atoms with van der Waals surface area (Å²) in [4.78, 5) is 4.45. The predicted octanol–water partition coefficient (Wildman–Crippen LogP) is 5.51. The van der Waals surface area contributed by atoms with Gasteiger partial charge in [-0.25, -0.2) is 0 Å². The molecule has 0 radical (unpaired) electrons. The Bertz CT molecular complexity index is 1100. The van der Waals surface area contributed by atoms with Gasteiger partial charge in [0, 0.05) is 9.13 Å². The molecule has 0 atom stereocenters. The Morgan fingerprint density at radius 1 is 0.867 bits per heavy atom. The number of halogens is 1. The molecule has 152 valence electrons. The summed E-state index contributed by atoms with van der Waals surface area (Å²) >= 11 is 2.23. The summed E-state index contributed by atoms with van der Waals surface area (Å²) in [6.07, 6.45) is 0. The maximum absolute atomic E-state index is 5.96. The lowest BCUT2D eigenvalue weighted by molar-refractivity contribution is 0.243. The van der Waals surface area contributed by atoms with Crippen molar-refractivity contribution in [2.75, 3.05) is 7.11 Å². The monoisotopic (exact) mass is 514 g/mol. The van der Waals surface area contributed by atoms with E-state index in [2.05, 4.69) is 32.7 Å². The maximum Gasteiger partial charge on any atom is 0.264 e. The van der Waals surface area contributed by atoms with Gasteiger partial charge in [-0.1, -0.05) is 53.7 Å². The second-order valence-corrected chi connectivity index (χ2v) is 7.53. The van der Waals surface area contributed by atoms with Crippen LogP contribution < -0.4 is 14.2 Å². The van der Waals surface area contributed by atoms with Crippen LogP contribution in [0, 0.1) is 3.57 Å². The van der Waals surface area contributed by atoms with E-state index in [1.807, 2.05) is 72.8 Å². The normalized spacial score (nSPS) is 10.6. The van der Waals surface area contributed by atoms with Gasteiger partial charge in [0.05, 0.1) is 7.11 Å². The zero-order valence-corrected chi connectivity index (χ0v) is 18.4. The van der Waals surface area contributed by atoms with Gasteiger partial charge in [-0.3, -0.25) is 0 Å². The highest BCUT2D eigenvalue weighted by molar-refractivity contribution is 14.1. The number of rotatable bonds is 8.